The van der Waals surface area contributed by atoms with Gasteiger partial charge in [0.05, 0.1) is 19.0 Å². The van der Waals surface area contributed by atoms with Gasteiger partial charge in [0, 0.05) is 7.05 Å². The van der Waals surface area contributed by atoms with Crippen LogP contribution in [-0.4, -0.2) is 27.9 Å². The van der Waals surface area contributed by atoms with Crippen molar-refractivity contribution in [3.63, 3.8) is 0 Å². The van der Waals surface area contributed by atoms with E-state index >= 15 is 0 Å². The van der Waals surface area contributed by atoms with Gasteiger partial charge >= 0.3 is 0 Å². The second-order valence-corrected chi connectivity index (χ2v) is 4.14. The minimum Gasteiger partial charge on any atom is -0.490 e. The summed E-state index contributed by atoms with van der Waals surface area (Å²) in [4.78, 5) is 0. The van der Waals surface area contributed by atoms with Crippen LogP contribution in [0.1, 0.15) is 13.3 Å². The maximum absolute atomic E-state index is 5.48. The minimum atomic E-state index is 0.790. The van der Waals surface area contributed by atoms with E-state index in [1.165, 1.54) is 11.5 Å². The zero-order valence-electron chi connectivity index (χ0n) is 8.19. The molecule has 1 aromatic heterocycles. The summed E-state index contributed by atoms with van der Waals surface area (Å²) in [5, 5.41) is 4.02. The van der Waals surface area contributed by atoms with Crippen LogP contribution < -0.4 is 4.74 Å². The Kier molecular flexibility index (Phi) is 4.75. The van der Waals surface area contributed by atoms with Gasteiger partial charge in [0.25, 0.3) is 0 Å². The summed E-state index contributed by atoms with van der Waals surface area (Å²) in [7, 11) is 1.89. The molecule has 4 heteroatoms. The lowest BCUT2D eigenvalue weighted by Crippen LogP contribution is -1.97. The van der Waals surface area contributed by atoms with Gasteiger partial charge in [-0.15, -0.1) is 0 Å². The Morgan fingerprint density at radius 3 is 3.08 bits per heavy atom. The minimum absolute atomic E-state index is 0.790. The highest BCUT2D eigenvalue weighted by Crippen LogP contribution is 2.08. The van der Waals surface area contributed by atoms with E-state index < -0.39 is 0 Å². The van der Waals surface area contributed by atoms with Crippen LogP contribution in [0.15, 0.2) is 12.4 Å². The monoisotopic (exact) mass is 200 g/mol. The van der Waals surface area contributed by atoms with Crippen LogP contribution in [0.5, 0.6) is 5.75 Å². The molecule has 1 rings (SSSR count). The van der Waals surface area contributed by atoms with E-state index in [1.54, 1.807) is 10.9 Å². The molecule has 0 amide bonds. The zero-order valence-corrected chi connectivity index (χ0v) is 9.01. The Hall–Kier alpha value is -0.640. The van der Waals surface area contributed by atoms with Crippen LogP contribution in [0.2, 0.25) is 0 Å². The van der Waals surface area contributed by atoms with E-state index in [0.29, 0.717) is 0 Å². The van der Waals surface area contributed by atoms with Crippen LogP contribution in [0, 0.1) is 0 Å². The quantitative estimate of drug-likeness (QED) is 0.657. The first-order valence-corrected chi connectivity index (χ1v) is 5.67. The predicted molar refractivity (Wildman–Crippen MR) is 56.3 cm³/mol. The average Bonchev–Trinajstić information content (AvgIpc) is 2.51. The van der Waals surface area contributed by atoms with Crippen molar-refractivity contribution >= 4 is 11.8 Å². The number of rotatable bonds is 6. The van der Waals surface area contributed by atoms with Gasteiger partial charge in [-0.2, -0.15) is 16.9 Å². The number of hydrogen-bond acceptors (Lipinski definition) is 3. The summed E-state index contributed by atoms with van der Waals surface area (Å²) >= 11 is 1.95. The number of nitrogens with zero attached hydrogens (tertiary/aromatic N) is 2. The standard InChI is InChI=1S/C9H16N2OS/c1-3-13-6-4-5-12-9-7-10-11(2)8-9/h7-8H,3-6H2,1-2H3. The van der Waals surface area contributed by atoms with E-state index in [-0.39, 0.29) is 0 Å². The van der Waals surface area contributed by atoms with Crippen molar-refractivity contribution in [1.82, 2.24) is 9.78 Å². The first kappa shape index (κ1) is 10.4. The molecule has 0 atom stereocenters. The molecule has 0 spiro atoms. The van der Waals surface area contributed by atoms with Crippen molar-refractivity contribution in [2.24, 2.45) is 7.05 Å². The van der Waals surface area contributed by atoms with Gasteiger partial charge in [-0.1, -0.05) is 6.92 Å². The highest BCUT2D eigenvalue weighted by Gasteiger charge is 1.95. The number of thioether (sulfide) groups is 1. The summed E-state index contributed by atoms with van der Waals surface area (Å²) in [6.07, 6.45) is 4.73. The summed E-state index contributed by atoms with van der Waals surface area (Å²) < 4.78 is 7.22. The van der Waals surface area contributed by atoms with E-state index in [1.807, 2.05) is 25.0 Å². The molecule has 3 nitrogen and oxygen atoms in total. The first-order chi connectivity index (χ1) is 6.33. The lowest BCUT2D eigenvalue weighted by atomic mass is 10.5. The molecule has 0 fully saturated rings. The molecule has 13 heavy (non-hydrogen) atoms. The summed E-state index contributed by atoms with van der Waals surface area (Å²) in [5.74, 6) is 3.23. The number of hydrogen-bond donors (Lipinski definition) is 0. The molecule has 0 radical (unpaired) electrons. The molecular formula is C9H16N2OS. The van der Waals surface area contributed by atoms with Gasteiger partial charge in [0.15, 0.2) is 5.75 Å². The van der Waals surface area contributed by atoms with Crippen LogP contribution in [0.25, 0.3) is 0 Å². The van der Waals surface area contributed by atoms with E-state index in [9.17, 15) is 0 Å². The zero-order chi connectivity index (χ0) is 9.52. The van der Waals surface area contributed by atoms with Crippen molar-refractivity contribution in [3.05, 3.63) is 12.4 Å². The second kappa shape index (κ2) is 5.91. The second-order valence-electron chi connectivity index (χ2n) is 2.75. The van der Waals surface area contributed by atoms with Crippen LogP contribution >= 0.6 is 11.8 Å². The molecule has 1 heterocycles. The van der Waals surface area contributed by atoms with E-state index in [0.717, 1.165) is 18.8 Å². The van der Waals surface area contributed by atoms with Gasteiger partial charge in [-0.05, 0) is 17.9 Å². The topological polar surface area (TPSA) is 27.1 Å². The summed E-state index contributed by atoms with van der Waals surface area (Å²) in [6, 6.07) is 0. The third kappa shape index (κ3) is 4.22. The maximum Gasteiger partial charge on any atom is 0.157 e. The molecule has 0 N–H and O–H groups in total. The highest BCUT2D eigenvalue weighted by molar-refractivity contribution is 7.99. The van der Waals surface area contributed by atoms with Gasteiger partial charge < -0.3 is 4.74 Å². The van der Waals surface area contributed by atoms with Crippen molar-refractivity contribution < 1.29 is 4.74 Å². The molecule has 0 saturated carbocycles. The molecule has 74 valence electrons. The lowest BCUT2D eigenvalue weighted by Gasteiger charge is -2.01. The van der Waals surface area contributed by atoms with E-state index in [2.05, 4.69) is 12.0 Å². The van der Waals surface area contributed by atoms with Crippen molar-refractivity contribution in [3.8, 4) is 5.75 Å². The van der Waals surface area contributed by atoms with Gasteiger partial charge in [0.1, 0.15) is 0 Å². The molecule has 0 bridgehead atoms. The Morgan fingerprint density at radius 2 is 2.46 bits per heavy atom. The first-order valence-electron chi connectivity index (χ1n) is 4.52. The smallest absolute Gasteiger partial charge is 0.157 e. The van der Waals surface area contributed by atoms with Crippen molar-refractivity contribution in [2.45, 2.75) is 13.3 Å². The van der Waals surface area contributed by atoms with Crippen LogP contribution in [0.4, 0.5) is 0 Å². The Labute approximate surface area is 83.5 Å². The third-order valence-corrected chi connectivity index (χ3v) is 2.57. The molecule has 0 unspecified atom stereocenters. The third-order valence-electron chi connectivity index (χ3n) is 1.59. The largest absolute Gasteiger partial charge is 0.490 e. The number of ether oxygens (including phenoxy) is 1. The summed E-state index contributed by atoms with van der Waals surface area (Å²) in [6.45, 7) is 2.96. The number of aryl methyl sites for hydroxylation is 1. The Balaban J connectivity index is 2.06. The molecule has 0 aliphatic heterocycles. The van der Waals surface area contributed by atoms with E-state index in [4.69, 9.17) is 4.74 Å². The fraction of sp³-hybridized carbons (Fsp3) is 0.667. The molecular weight excluding hydrogens is 184 g/mol. The predicted octanol–water partition coefficient (Wildman–Crippen LogP) is 1.94. The van der Waals surface area contributed by atoms with Crippen LogP contribution in [0.3, 0.4) is 0 Å². The number of aromatic nitrogens is 2. The fourth-order valence-corrected chi connectivity index (χ4v) is 1.58. The van der Waals surface area contributed by atoms with Crippen molar-refractivity contribution in [2.75, 3.05) is 18.1 Å². The Morgan fingerprint density at radius 1 is 1.62 bits per heavy atom. The maximum atomic E-state index is 5.48. The highest BCUT2D eigenvalue weighted by atomic mass is 32.2. The summed E-state index contributed by atoms with van der Waals surface area (Å²) in [5.41, 5.74) is 0. The lowest BCUT2D eigenvalue weighted by molar-refractivity contribution is 0.318. The fourth-order valence-electron chi connectivity index (χ4n) is 0.969. The SMILES string of the molecule is CCSCCCOc1cnn(C)c1. The van der Waals surface area contributed by atoms with Gasteiger partial charge in [0.2, 0.25) is 0 Å². The van der Waals surface area contributed by atoms with Gasteiger partial charge in [-0.25, -0.2) is 0 Å². The Bertz CT molecular complexity index is 237. The molecule has 0 aliphatic rings. The normalized spacial score (nSPS) is 10.3. The molecule has 0 saturated heterocycles. The van der Waals surface area contributed by atoms with Crippen LogP contribution in [-0.2, 0) is 7.05 Å². The molecule has 1 aromatic rings. The molecule has 0 aromatic carbocycles. The molecule has 0 aliphatic carbocycles. The van der Waals surface area contributed by atoms with Crippen molar-refractivity contribution in [1.29, 1.82) is 0 Å². The van der Waals surface area contributed by atoms with Gasteiger partial charge in [-0.3, -0.25) is 4.68 Å². The average molecular weight is 200 g/mol.